The number of nitrogens with zero attached hydrogens (tertiary/aromatic N) is 1. The molecule has 1 fully saturated rings. The van der Waals surface area contributed by atoms with E-state index >= 15 is 0 Å². The number of hydrogen-bond donors (Lipinski definition) is 2. The van der Waals surface area contributed by atoms with Crippen molar-refractivity contribution in [1.29, 1.82) is 0 Å². The number of hydrogen-bond acceptors (Lipinski definition) is 4. The second kappa shape index (κ2) is 5.19. The number of benzene rings is 1. The van der Waals surface area contributed by atoms with E-state index in [4.69, 9.17) is 5.73 Å². The SMILES string of the molecule is CC(N)c1ccc(N(C)C2CCSC2)cc1O. The van der Waals surface area contributed by atoms with E-state index in [2.05, 4.69) is 11.9 Å². The molecule has 0 radical (unpaired) electrons. The zero-order valence-electron chi connectivity index (χ0n) is 10.4. The quantitative estimate of drug-likeness (QED) is 0.867. The van der Waals surface area contributed by atoms with Gasteiger partial charge in [0, 0.05) is 42.2 Å². The van der Waals surface area contributed by atoms with Crippen LogP contribution < -0.4 is 10.6 Å². The third-order valence-corrected chi connectivity index (χ3v) is 4.51. The number of phenols is 1. The minimum atomic E-state index is -0.128. The second-order valence-electron chi connectivity index (χ2n) is 4.66. The molecule has 1 heterocycles. The van der Waals surface area contributed by atoms with E-state index in [9.17, 15) is 5.11 Å². The van der Waals surface area contributed by atoms with Gasteiger partial charge >= 0.3 is 0 Å². The van der Waals surface area contributed by atoms with Crippen molar-refractivity contribution in [3.05, 3.63) is 23.8 Å². The maximum absolute atomic E-state index is 9.94. The molecule has 0 aromatic heterocycles. The Morgan fingerprint density at radius 1 is 1.53 bits per heavy atom. The van der Waals surface area contributed by atoms with Crippen molar-refractivity contribution in [3.8, 4) is 5.75 Å². The fourth-order valence-corrected chi connectivity index (χ4v) is 3.44. The fraction of sp³-hybridized carbons (Fsp3) is 0.538. The summed E-state index contributed by atoms with van der Waals surface area (Å²) >= 11 is 1.99. The Hall–Kier alpha value is -0.870. The molecule has 1 aliphatic rings. The number of nitrogens with two attached hydrogens (primary N) is 1. The molecule has 0 bridgehead atoms. The first-order chi connectivity index (χ1) is 8.09. The van der Waals surface area contributed by atoms with Crippen molar-refractivity contribution in [3.63, 3.8) is 0 Å². The number of anilines is 1. The van der Waals surface area contributed by atoms with Gasteiger partial charge in [-0.3, -0.25) is 0 Å². The molecular weight excluding hydrogens is 232 g/mol. The van der Waals surface area contributed by atoms with Gasteiger partial charge < -0.3 is 15.7 Å². The normalized spacial score (nSPS) is 21.5. The van der Waals surface area contributed by atoms with Crippen molar-refractivity contribution in [2.75, 3.05) is 23.5 Å². The van der Waals surface area contributed by atoms with Gasteiger partial charge in [-0.15, -0.1) is 0 Å². The first kappa shape index (κ1) is 12.6. The molecule has 3 N–H and O–H groups in total. The van der Waals surface area contributed by atoms with E-state index in [1.807, 2.05) is 36.9 Å². The summed E-state index contributed by atoms with van der Waals surface area (Å²) in [6.45, 7) is 1.88. The highest BCUT2D eigenvalue weighted by atomic mass is 32.2. The van der Waals surface area contributed by atoms with Crippen LogP contribution in [-0.4, -0.2) is 29.7 Å². The minimum Gasteiger partial charge on any atom is -0.508 e. The van der Waals surface area contributed by atoms with E-state index in [1.54, 1.807) is 0 Å². The molecule has 0 amide bonds. The molecule has 0 saturated carbocycles. The number of aromatic hydroxyl groups is 1. The van der Waals surface area contributed by atoms with Crippen LogP contribution in [0.3, 0.4) is 0 Å². The van der Waals surface area contributed by atoms with E-state index < -0.39 is 0 Å². The van der Waals surface area contributed by atoms with Crippen molar-refractivity contribution >= 4 is 17.4 Å². The third kappa shape index (κ3) is 2.69. The van der Waals surface area contributed by atoms with Crippen LogP contribution in [-0.2, 0) is 0 Å². The molecular formula is C13H20N2OS. The predicted molar refractivity (Wildman–Crippen MR) is 74.8 cm³/mol. The molecule has 1 aliphatic heterocycles. The highest BCUT2D eigenvalue weighted by Gasteiger charge is 2.21. The molecule has 1 aromatic rings. The van der Waals surface area contributed by atoms with Crippen LogP contribution in [0.5, 0.6) is 5.75 Å². The van der Waals surface area contributed by atoms with Gasteiger partial charge in [0.15, 0.2) is 0 Å². The molecule has 3 nitrogen and oxygen atoms in total. The van der Waals surface area contributed by atoms with E-state index in [1.165, 1.54) is 17.9 Å². The van der Waals surface area contributed by atoms with E-state index in [-0.39, 0.29) is 6.04 Å². The number of rotatable bonds is 3. The Morgan fingerprint density at radius 2 is 2.29 bits per heavy atom. The summed E-state index contributed by atoms with van der Waals surface area (Å²) in [6, 6.07) is 6.24. The zero-order chi connectivity index (χ0) is 12.4. The van der Waals surface area contributed by atoms with Crippen molar-refractivity contribution < 1.29 is 5.11 Å². The van der Waals surface area contributed by atoms with Crippen molar-refractivity contribution in [2.24, 2.45) is 5.73 Å². The third-order valence-electron chi connectivity index (χ3n) is 3.37. The first-order valence-corrected chi connectivity index (χ1v) is 7.14. The van der Waals surface area contributed by atoms with Crippen LogP contribution in [0, 0.1) is 0 Å². The summed E-state index contributed by atoms with van der Waals surface area (Å²) in [5.41, 5.74) is 7.66. The fourth-order valence-electron chi connectivity index (χ4n) is 2.17. The summed E-state index contributed by atoms with van der Waals surface area (Å²) in [7, 11) is 2.09. The maximum atomic E-state index is 9.94. The molecule has 1 aromatic carbocycles. The van der Waals surface area contributed by atoms with Gasteiger partial charge in [0.25, 0.3) is 0 Å². The van der Waals surface area contributed by atoms with Crippen LogP contribution in [0.4, 0.5) is 5.69 Å². The lowest BCUT2D eigenvalue weighted by atomic mass is 10.1. The highest BCUT2D eigenvalue weighted by Crippen LogP contribution is 2.31. The van der Waals surface area contributed by atoms with E-state index in [0.717, 1.165) is 11.3 Å². The Kier molecular flexibility index (Phi) is 3.84. The summed E-state index contributed by atoms with van der Waals surface area (Å²) in [5, 5.41) is 9.94. The van der Waals surface area contributed by atoms with Crippen molar-refractivity contribution in [2.45, 2.75) is 25.4 Å². The molecule has 2 rings (SSSR count). The van der Waals surface area contributed by atoms with Crippen LogP contribution in [0.1, 0.15) is 24.9 Å². The lowest BCUT2D eigenvalue weighted by Crippen LogP contribution is -2.31. The van der Waals surface area contributed by atoms with Gasteiger partial charge in [-0.25, -0.2) is 0 Å². The Bertz CT molecular complexity index is 389. The van der Waals surface area contributed by atoms with Crippen molar-refractivity contribution in [1.82, 2.24) is 0 Å². The Balaban J connectivity index is 2.18. The average Bonchev–Trinajstić information content (AvgIpc) is 2.80. The lowest BCUT2D eigenvalue weighted by Gasteiger charge is -2.26. The van der Waals surface area contributed by atoms with Gasteiger partial charge in [-0.1, -0.05) is 6.07 Å². The molecule has 0 spiro atoms. The summed E-state index contributed by atoms with van der Waals surface area (Å²) in [6.07, 6.45) is 1.22. The summed E-state index contributed by atoms with van der Waals surface area (Å²) in [5.74, 6) is 2.71. The molecule has 4 heteroatoms. The largest absolute Gasteiger partial charge is 0.508 e. The lowest BCUT2D eigenvalue weighted by molar-refractivity contribution is 0.463. The Labute approximate surface area is 107 Å². The standard InChI is InChI=1S/C13H20N2OS/c1-9(14)12-4-3-10(7-13(12)16)15(2)11-5-6-17-8-11/h3-4,7,9,11,16H,5-6,8,14H2,1-2H3. The van der Waals surface area contributed by atoms with Gasteiger partial charge in [-0.05, 0) is 25.2 Å². The van der Waals surface area contributed by atoms with Crippen LogP contribution in [0.15, 0.2) is 18.2 Å². The Morgan fingerprint density at radius 3 is 2.82 bits per heavy atom. The van der Waals surface area contributed by atoms with Crippen LogP contribution in [0.2, 0.25) is 0 Å². The molecule has 17 heavy (non-hydrogen) atoms. The predicted octanol–water partition coefficient (Wildman–Crippen LogP) is 2.35. The van der Waals surface area contributed by atoms with Gasteiger partial charge in [0.05, 0.1) is 0 Å². The molecule has 1 saturated heterocycles. The topological polar surface area (TPSA) is 49.5 Å². The zero-order valence-corrected chi connectivity index (χ0v) is 11.2. The molecule has 2 atom stereocenters. The van der Waals surface area contributed by atoms with Crippen LogP contribution in [0.25, 0.3) is 0 Å². The minimum absolute atomic E-state index is 0.128. The summed E-state index contributed by atoms with van der Waals surface area (Å²) < 4.78 is 0. The average molecular weight is 252 g/mol. The number of phenolic OH excluding ortho intramolecular Hbond substituents is 1. The smallest absolute Gasteiger partial charge is 0.122 e. The molecule has 2 unspecified atom stereocenters. The van der Waals surface area contributed by atoms with E-state index in [0.29, 0.717) is 11.8 Å². The molecule has 0 aliphatic carbocycles. The monoisotopic (exact) mass is 252 g/mol. The second-order valence-corrected chi connectivity index (χ2v) is 5.81. The van der Waals surface area contributed by atoms with Gasteiger partial charge in [0.2, 0.25) is 0 Å². The first-order valence-electron chi connectivity index (χ1n) is 5.98. The van der Waals surface area contributed by atoms with Gasteiger partial charge in [0.1, 0.15) is 5.75 Å². The van der Waals surface area contributed by atoms with Crippen LogP contribution >= 0.6 is 11.8 Å². The summed E-state index contributed by atoms with van der Waals surface area (Å²) in [4.78, 5) is 2.25. The number of thioether (sulfide) groups is 1. The molecule has 94 valence electrons. The maximum Gasteiger partial charge on any atom is 0.122 e. The highest BCUT2D eigenvalue weighted by molar-refractivity contribution is 7.99. The van der Waals surface area contributed by atoms with Gasteiger partial charge in [-0.2, -0.15) is 11.8 Å².